The standard InChI is InChI=1S/C16H16N4O2S2/c17-24(21,22)12-7-5-11(6-8-12)9-10-18-15-13-3-1-2-4-14(13)19-16(23)20-15/h1-8H,9-10H2,(H2,17,21,22)(H2,18,19,20,23). The summed E-state index contributed by atoms with van der Waals surface area (Å²) in [5, 5.41) is 9.34. The summed E-state index contributed by atoms with van der Waals surface area (Å²) in [6, 6.07) is 14.3. The van der Waals surface area contributed by atoms with Crippen molar-refractivity contribution in [1.82, 2.24) is 9.97 Å². The molecule has 24 heavy (non-hydrogen) atoms. The fraction of sp³-hybridized carbons (Fsp3) is 0.125. The van der Waals surface area contributed by atoms with Gasteiger partial charge in [-0.25, -0.2) is 18.5 Å². The molecule has 3 rings (SSSR count). The molecule has 124 valence electrons. The first-order valence-electron chi connectivity index (χ1n) is 7.28. The maximum Gasteiger partial charge on any atom is 0.238 e. The predicted molar refractivity (Wildman–Crippen MR) is 96.9 cm³/mol. The van der Waals surface area contributed by atoms with Crippen LogP contribution in [0.2, 0.25) is 0 Å². The van der Waals surface area contributed by atoms with Gasteiger partial charge in [-0.15, -0.1) is 0 Å². The van der Waals surface area contributed by atoms with E-state index in [4.69, 9.17) is 17.4 Å². The topological polar surface area (TPSA) is 101 Å². The van der Waals surface area contributed by atoms with Gasteiger partial charge in [0.2, 0.25) is 10.0 Å². The lowest BCUT2D eigenvalue weighted by Gasteiger charge is -2.09. The fourth-order valence-corrected chi connectivity index (χ4v) is 3.13. The predicted octanol–water partition coefficient (Wildman–Crippen LogP) is 2.59. The first kappa shape index (κ1) is 16.6. The number of nitrogens with zero attached hydrogens (tertiary/aromatic N) is 1. The fourth-order valence-electron chi connectivity index (χ4n) is 2.41. The first-order chi connectivity index (χ1) is 11.4. The smallest absolute Gasteiger partial charge is 0.238 e. The highest BCUT2D eigenvalue weighted by atomic mass is 32.2. The van der Waals surface area contributed by atoms with Gasteiger partial charge in [0.05, 0.1) is 10.4 Å². The number of aromatic amines is 1. The van der Waals surface area contributed by atoms with E-state index in [0.717, 1.165) is 22.3 Å². The molecular weight excluding hydrogens is 344 g/mol. The third-order valence-corrected chi connectivity index (χ3v) is 4.72. The summed E-state index contributed by atoms with van der Waals surface area (Å²) in [5.41, 5.74) is 1.93. The average molecular weight is 360 g/mol. The number of primary sulfonamides is 1. The Labute approximate surface area is 144 Å². The van der Waals surface area contributed by atoms with Crippen LogP contribution in [0.25, 0.3) is 10.9 Å². The van der Waals surface area contributed by atoms with Crippen LogP contribution in [-0.2, 0) is 16.4 Å². The van der Waals surface area contributed by atoms with Crippen molar-refractivity contribution < 1.29 is 8.42 Å². The van der Waals surface area contributed by atoms with E-state index in [1.165, 1.54) is 12.1 Å². The Bertz CT molecular complexity index is 1030. The van der Waals surface area contributed by atoms with Gasteiger partial charge in [-0.2, -0.15) is 0 Å². The molecule has 0 saturated carbocycles. The molecule has 0 aliphatic heterocycles. The van der Waals surface area contributed by atoms with Crippen molar-refractivity contribution in [3.8, 4) is 0 Å². The zero-order valence-electron chi connectivity index (χ0n) is 12.7. The van der Waals surface area contributed by atoms with Crippen LogP contribution in [0.15, 0.2) is 53.4 Å². The molecule has 3 aromatic rings. The van der Waals surface area contributed by atoms with Gasteiger partial charge in [0.1, 0.15) is 5.82 Å². The maximum atomic E-state index is 11.2. The summed E-state index contributed by atoms with van der Waals surface area (Å²) < 4.78 is 22.9. The SMILES string of the molecule is NS(=O)(=O)c1ccc(CCNc2nc(=S)[nH]c3ccccc23)cc1. The molecule has 0 spiro atoms. The molecular formula is C16H16N4O2S2. The number of aromatic nitrogens is 2. The van der Waals surface area contributed by atoms with Gasteiger partial charge in [0, 0.05) is 11.9 Å². The van der Waals surface area contributed by atoms with E-state index in [2.05, 4.69) is 15.3 Å². The second-order valence-corrected chi connectivity index (χ2v) is 7.25. The van der Waals surface area contributed by atoms with Crippen molar-refractivity contribution in [2.45, 2.75) is 11.3 Å². The Morgan fingerprint density at radius 1 is 1.12 bits per heavy atom. The number of benzene rings is 2. The van der Waals surface area contributed by atoms with E-state index in [1.54, 1.807) is 12.1 Å². The number of hydrogen-bond acceptors (Lipinski definition) is 5. The molecule has 0 bridgehead atoms. The van der Waals surface area contributed by atoms with Crippen LogP contribution in [0.5, 0.6) is 0 Å². The molecule has 4 N–H and O–H groups in total. The Hall–Kier alpha value is -2.29. The third kappa shape index (κ3) is 3.78. The third-order valence-electron chi connectivity index (χ3n) is 3.60. The van der Waals surface area contributed by atoms with Gasteiger partial charge < -0.3 is 10.3 Å². The summed E-state index contributed by atoms with van der Waals surface area (Å²) in [7, 11) is -3.65. The largest absolute Gasteiger partial charge is 0.369 e. The van der Waals surface area contributed by atoms with Crippen molar-refractivity contribution in [3.63, 3.8) is 0 Å². The average Bonchev–Trinajstić information content (AvgIpc) is 2.54. The highest BCUT2D eigenvalue weighted by Crippen LogP contribution is 2.19. The molecule has 0 saturated heterocycles. The van der Waals surface area contributed by atoms with E-state index >= 15 is 0 Å². The molecule has 0 fully saturated rings. The Morgan fingerprint density at radius 2 is 1.83 bits per heavy atom. The number of fused-ring (bicyclic) bond motifs is 1. The van der Waals surface area contributed by atoms with Gasteiger partial charge in [-0.05, 0) is 48.5 Å². The highest BCUT2D eigenvalue weighted by Gasteiger charge is 2.07. The summed E-state index contributed by atoms with van der Waals surface area (Å²) >= 11 is 5.14. The number of rotatable bonds is 5. The van der Waals surface area contributed by atoms with Crippen LogP contribution in [0.1, 0.15) is 5.56 Å². The van der Waals surface area contributed by atoms with Gasteiger partial charge >= 0.3 is 0 Å². The number of nitrogens with two attached hydrogens (primary N) is 1. The summed E-state index contributed by atoms with van der Waals surface area (Å²) in [6.07, 6.45) is 0.715. The number of sulfonamides is 1. The van der Waals surface area contributed by atoms with Gasteiger partial charge in [-0.3, -0.25) is 0 Å². The minimum Gasteiger partial charge on any atom is -0.369 e. The van der Waals surface area contributed by atoms with Crippen LogP contribution < -0.4 is 10.5 Å². The Kier molecular flexibility index (Phi) is 4.61. The number of nitrogens with one attached hydrogen (secondary N) is 2. The molecule has 0 unspecified atom stereocenters. The van der Waals surface area contributed by atoms with Crippen LogP contribution in [0, 0.1) is 4.77 Å². The molecule has 8 heteroatoms. The molecule has 6 nitrogen and oxygen atoms in total. The lowest BCUT2D eigenvalue weighted by atomic mass is 10.1. The summed E-state index contributed by atoms with van der Waals surface area (Å²) in [6.45, 7) is 0.643. The van der Waals surface area contributed by atoms with E-state index < -0.39 is 10.0 Å². The first-order valence-corrected chi connectivity index (χ1v) is 9.23. The van der Waals surface area contributed by atoms with Gasteiger partial charge in [-0.1, -0.05) is 24.3 Å². The van der Waals surface area contributed by atoms with Crippen LogP contribution >= 0.6 is 12.2 Å². The monoisotopic (exact) mass is 360 g/mol. The Balaban J connectivity index is 1.72. The minimum atomic E-state index is -3.65. The highest BCUT2D eigenvalue weighted by molar-refractivity contribution is 7.89. The number of para-hydroxylation sites is 1. The molecule has 0 radical (unpaired) electrons. The van der Waals surface area contributed by atoms with E-state index in [-0.39, 0.29) is 4.90 Å². The van der Waals surface area contributed by atoms with E-state index in [9.17, 15) is 8.42 Å². The number of hydrogen-bond donors (Lipinski definition) is 3. The van der Waals surface area contributed by atoms with Gasteiger partial charge in [0.15, 0.2) is 4.77 Å². The molecule has 1 heterocycles. The van der Waals surface area contributed by atoms with E-state index in [0.29, 0.717) is 17.7 Å². The lowest BCUT2D eigenvalue weighted by molar-refractivity contribution is 0.598. The number of H-pyrrole nitrogens is 1. The normalized spacial score (nSPS) is 11.5. The lowest BCUT2D eigenvalue weighted by Crippen LogP contribution is -2.12. The minimum absolute atomic E-state index is 0.112. The Morgan fingerprint density at radius 3 is 2.54 bits per heavy atom. The number of anilines is 1. The van der Waals surface area contributed by atoms with E-state index in [1.807, 2.05) is 24.3 Å². The van der Waals surface area contributed by atoms with Crippen molar-refractivity contribution in [3.05, 3.63) is 58.9 Å². The van der Waals surface area contributed by atoms with Gasteiger partial charge in [0.25, 0.3) is 0 Å². The van der Waals surface area contributed by atoms with Crippen molar-refractivity contribution >= 4 is 39.0 Å². The van der Waals surface area contributed by atoms with Crippen molar-refractivity contribution in [1.29, 1.82) is 0 Å². The molecule has 1 aromatic heterocycles. The van der Waals surface area contributed by atoms with Crippen LogP contribution in [0.4, 0.5) is 5.82 Å². The zero-order chi connectivity index (χ0) is 17.2. The summed E-state index contributed by atoms with van der Waals surface area (Å²) in [4.78, 5) is 7.50. The molecule has 2 aromatic carbocycles. The molecule has 0 amide bonds. The van der Waals surface area contributed by atoms with Crippen LogP contribution in [-0.4, -0.2) is 24.9 Å². The molecule has 0 atom stereocenters. The zero-order valence-corrected chi connectivity index (χ0v) is 14.3. The quantitative estimate of drug-likeness (QED) is 0.607. The summed E-state index contributed by atoms with van der Waals surface area (Å²) in [5.74, 6) is 0.732. The molecule has 0 aliphatic carbocycles. The van der Waals surface area contributed by atoms with Crippen LogP contribution in [0.3, 0.4) is 0 Å². The molecule has 0 aliphatic rings. The second kappa shape index (κ2) is 6.68. The maximum absolute atomic E-state index is 11.2. The second-order valence-electron chi connectivity index (χ2n) is 5.30. The van der Waals surface area contributed by atoms with Crippen molar-refractivity contribution in [2.24, 2.45) is 5.14 Å². The van der Waals surface area contributed by atoms with Crippen molar-refractivity contribution in [2.75, 3.05) is 11.9 Å².